The van der Waals surface area contributed by atoms with Crippen LogP contribution in [0.3, 0.4) is 0 Å². The van der Waals surface area contributed by atoms with Crippen molar-refractivity contribution in [1.82, 2.24) is 20.9 Å². The lowest BCUT2D eigenvalue weighted by Crippen LogP contribution is -2.49. The van der Waals surface area contributed by atoms with Crippen molar-refractivity contribution < 1.29 is 14.4 Å². The number of carbonyl (C=O) groups excluding carboxylic acids is 3. The van der Waals surface area contributed by atoms with E-state index in [-0.39, 0.29) is 0 Å². The molecule has 7 heteroatoms. The molecule has 0 spiro atoms. The topological polar surface area (TPSA) is 90.5 Å². The van der Waals surface area contributed by atoms with Gasteiger partial charge in [0, 0.05) is 14.1 Å². The molecule has 1 rings (SSSR count). The highest BCUT2D eigenvalue weighted by Gasteiger charge is 2.35. The Balaban J connectivity index is 2.59. The van der Waals surface area contributed by atoms with Gasteiger partial charge >= 0.3 is 12.1 Å². The largest absolute Gasteiger partial charge is 0.341 e. The molecule has 1 heterocycles. The molecule has 0 aromatic carbocycles. The lowest BCUT2D eigenvalue weighted by Gasteiger charge is -2.09. The van der Waals surface area contributed by atoms with E-state index < -0.39 is 24.1 Å². The third-order valence-corrected chi connectivity index (χ3v) is 1.65. The first-order valence-electron chi connectivity index (χ1n) is 3.62. The van der Waals surface area contributed by atoms with Crippen LogP contribution in [0.25, 0.3) is 0 Å². The normalized spacial score (nSPS) is 21.4. The van der Waals surface area contributed by atoms with Gasteiger partial charge in [-0.05, 0) is 0 Å². The van der Waals surface area contributed by atoms with Crippen LogP contribution >= 0.6 is 0 Å². The van der Waals surface area contributed by atoms with E-state index in [1.807, 2.05) is 0 Å². The van der Waals surface area contributed by atoms with Crippen molar-refractivity contribution in [3.05, 3.63) is 0 Å². The van der Waals surface area contributed by atoms with Gasteiger partial charge in [-0.3, -0.25) is 9.69 Å². The minimum absolute atomic E-state index is 0.478. The maximum atomic E-state index is 11.2. The van der Waals surface area contributed by atoms with Crippen molar-refractivity contribution >= 4 is 18.0 Å². The lowest BCUT2D eigenvalue weighted by atomic mass is 10.5. The van der Waals surface area contributed by atoms with E-state index in [9.17, 15) is 14.4 Å². The van der Waals surface area contributed by atoms with Crippen LogP contribution in [0.15, 0.2) is 0 Å². The van der Waals surface area contributed by atoms with Gasteiger partial charge in [-0.15, -0.1) is 0 Å². The second-order valence-electron chi connectivity index (χ2n) is 2.50. The first-order valence-corrected chi connectivity index (χ1v) is 3.62. The molecular weight excluding hydrogens is 176 g/mol. The summed E-state index contributed by atoms with van der Waals surface area (Å²) in [5.74, 6) is -0.478. The molecule has 1 fully saturated rings. The molecule has 1 saturated heterocycles. The Labute approximate surface area is 74.5 Å². The van der Waals surface area contributed by atoms with Crippen molar-refractivity contribution in [2.45, 2.75) is 6.17 Å². The number of carbonyl (C=O) groups is 3. The third-order valence-electron chi connectivity index (χ3n) is 1.65. The van der Waals surface area contributed by atoms with Crippen molar-refractivity contribution in [2.75, 3.05) is 14.1 Å². The first kappa shape index (κ1) is 9.30. The lowest BCUT2D eigenvalue weighted by molar-refractivity contribution is -0.126. The molecule has 0 radical (unpaired) electrons. The van der Waals surface area contributed by atoms with Gasteiger partial charge in [0.15, 0.2) is 6.17 Å². The Bertz CT molecular complexity index is 265. The Hall–Kier alpha value is -1.79. The smallest absolute Gasteiger partial charge is 0.325 e. The van der Waals surface area contributed by atoms with Gasteiger partial charge in [0.1, 0.15) is 0 Å². The van der Waals surface area contributed by atoms with E-state index in [4.69, 9.17) is 0 Å². The quantitative estimate of drug-likeness (QED) is 0.432. The summed E-state index contributed by atoms with van der Waals surface area (Å²) in [5, 5.41) is 6.82. The van der Waals surface area contributed by atoms with E-state index in [1.54, 1.807) is 0 Å². The van der Waals surface area contributed by atoms with Crippen molar-refractivity contribution in [2.24, 2.45) is 0 Å². The molecule has 3 N–H and O–H groups in total. The minimum Gasteiger partial charge on any atom is -0.341 e. The standard InChI is InChI=1S/C6H10N4O3/c1-7-5(12)8-3-4(11)10(2)6(13)9-3/h3H,1-2H3,(H,9,13)(H2,7,8,12). The Kier molecular flexibility index (Phi) is 2.36. The van der Waals surface area contributed by atoms with Crippen molar-refractivity contribution in [1.29, 1.82) is 0 Å². The van der Waals surface area contributed by atoms with E-state index in [2.05, 4.69) is 16.0 Å². The molecule has 7 nitrogen and oxygen atoms in total. The Morgan fingerprint density at radius 3 is 2.54 bits per heavy atom. The third kappa shape index (κ3) is 1.68. The zero-order valence-corrected chi connectivity index (χ0v) is 7.25. The average Bonchev–Trinajstić information content (AvgIpc) is 2.34. The summed E-state index contributed by atoms with van der Waals surface area (Å²) in [7, 11) is 2.75. The van der Waals surface area contributed by atoms with E-state index in [0.717, 1.165) is 4.90 Å². The molecule has 0 aromatic rings. The number of rotatable bonds is 1. The Morgan fingerprint density at radius 2 is 2.15 bits per heavy atom. The van der Waals surface area contributed by atoms with E-state index in [1.165, 1.54) is 14.1 Å². The van der Waals surface area contributed by atoms with E-state index in [0.29, 0.717) is 0 Å². The number of nitrogens with zero attached hydrogens (tertiary/aromatic N) is 1. The fourth-order valence-corrected chi connectivity index (χ4v) is 0.877. The number of imide groups is 1. The van der Waals surface area contributed by atoms with Crippen LogP contribution in [0.5, 0.6) is 0 Å². The maximum absolute atomic E-state index is 11.2. The number of amides is 5. The van der Waals surface area contributed by atoms with Crippen LogP contribution in [0.2, 0.25) is 0 Å². The summed E-state index contributed by atoms with van der Waals surface area (Å²) in [6.45, 7) is 0. The molecule has 0 aromatic heterocycles. The summed E-state index contributed by atoms with van der Waals surface area (Å²) < 4.78 is 0. The Morgan fingerprint density at radius 1 is 1.54 bits per heavy atom. The number of hydrogen-bond donors (Lipinski definition) is 3. The molecule has 1 unspecified atom stereocenters. The number of hydrogen-bond acceptors (Lipinski definition) is 3. The molecule has 13 heavy (non-hydrogen) atoms. The summed E-state index contributed by atoms with van der Waals surface area (Å²) >= 11 is 0. The number of urea groups is 2. The molecule has 0 aliphatic carbocycles. The molecule has 1 aliphatic heterocycles. The second-order valence-corrected chi connectivity index (χ2v) is 2.50. The van der Waals surface area contributed by atoms with Crippen LogP contribution in [0.1, 0.15) is 0 Å². The predicted octanol–water partition coefficient (Wildman–Crippen LogP) is -1.58. The SMILES string of the molecule is CNC(=O)NC1NC(=O)N(C)C1=O. The molecule has 1 atom stereocenters. The molecule has 72 valence electrons. The van der Waals surface area contributed by atoms with Gasteiger partial charge < -0.3 is 16.0 Å². The van der Waals surface area contributed by atoms with Crippen LogP contribution in [-0.4, -0.2) is 43.1 Å². The van der Waals surface area contributed by atoms with Crippen LogP contribution in [0, 0.1) is 0 Å². The fourth-order valence-electron chi connectivity index (χ4n) is 0.877. The van der Waals surface area contributed by atoms with Gasteiger partial charge in [0.05, 0.1) is 0 Å². The highest BCUT2D eigenvalue weighted by Crippen LogP contribution is 1.99. The van der Waals surface area contributed by atoms with Gasteiger partial charge in [0.2, 0.25) is 0 Å². The number of likely N-dealkylation sites (N-methyl/N-ethyl adjacent to an activating group) is 1. The average molecular weight is 186 g/mol. The van der Waals surface area contributed by atoms with Gasteiger partial charge in [-0.1, -0.05) is 0 Å². The fraction of sp³-hybridized carbons (Fsp3) is 0.500. The minimum atomic E-state index is -0.961. The molecule has 0 bridgehead atoms. The van der Waals surface area contributed by atoms with Gasteiger partial charge in [-0.25, -0.2) is 9.59 Å². The predicted molar refractivity (Wildman–Crippen MR) is 42.7 cm³/mol. The summed E-state index contributed by atoms with van der Waals surface area (Å²) in [6, 6.07) is -1.04. The number of nitrogens with one attached hydrogen (secondary N) is 3. The molecule has 5 amide bonds. The summed E-state index contributed by atoms with van der Waals surface area (Å²) in [5.41, 5.74) is 0. The van der Waals surface area contributed by atoms with Crippen molar-refractivity contribution in [3.8, 4) is 0 Å². The zero-order valence-electron chi connectivity index (χ0n) is 7.25. The summed E-state index contributed by atoms with van der Waals surface area (Å²) in [6.07, 6.45) is -0.961. The highest BCUT2D eigenvalue weighted by atomic mass is 16.2. The van der Waals surface area contributed by atoms with Crippen LogP contribution in [-0.2, 0) is 4.79 Å². The summed E-state index contributed by atoms with van der Waals surface area (Å²) in [4.78, 5) is 33.7. The van der Waals surface area contributed by atoms with Gasteiger partial charge in [-0.2, -0.15) is 0 Å². The maximum Gasteiger partial charge on any atom is 0.325 e. The highest BCUT2D eigenvalue weighted by molar-refractivity contribution is 6.04. The van der Waals surface area contributed by atoms with Crippen LogP contribution < -0.4 is 16.0 Å². The zero-order chi connectivity index (χ0) is 10.0. The van der Waals surface area contributed by atoms with E-state index >= 15 is 0 Å². The molecule has 1 aliphatic rings. The molecular formula is C6H10N4O3. The second kappa shape index (κ2) is 3.30. The monoisotopic (exact) mass is 186 g/mol. The van der Waals surface area contributed by atoms with Crippen molar-refractivity contribution in [3.63, 3.8) is 0 Å². The van der Waals surface area contributed by atoms with Crippen LogP contribution in [0.4, 0.5) is 9.59 Å². The molecule has 0 saturated carbocycles. The first-order chi connectivity index (χ1) is 6.06. The van der Waals surface area contributed by atoms with Gasteiger partial charge in [0.25, 0.3) is 5.91 Å².